The minimum absolute atomic E-state index is 0.0683. The molecule has 72 heavy (non-hydrogen) atoms. The Morgan fingerprint density at radius 2 is 0.458 bits per heavy atom. The third-order valence-electron chi connectivity index (χ3n) is 14.7. The lowest BCUT2D eigenvalue weighted by molar-refractivity contribution is -0.167. The molecule has 0 spiro atoms. The van der Waals surface area contributed by atoms with Crippen LogP contribution in [-0.4, -0.2) is 37.2 Å². The monoisotopic (exact) mass is 1010 g/mol. The van der Waals surface area contributed by atoms with Crippen molar-refractivity contribution in [2.75, 3.05) is 13.2 Å². The summed E-state index contributed by atoms with van der Waals surface area (Å²) in [5.74, 6) is -0.861. The van der Waals surface area contributed by atoms with Crippen molar-refractivity contribution in [1.29, 1.82) is 0 Å². The number of carbonyl (C=O) groups is 3. The summed E-state index contributed by atoms with van der Waals surface area (Å²) in [6.45, 7) is 6.62. The summed E-state index contributed by atoms with van der Waals surface area (Å²) in [5.41, 5.74) is 0. The zero-order valence-electron chi connectivity index (χ0n) is 48.7. The number of carbonyl (C=O) groups excluding carboxylic acids is 3. The van der Waals surface area contributed by atoms with Crippen molar-refractivity contribution in [2.24, 2.45) is 0 Å². The first kappa shape index (κ1) is 69.9. The third kappa shape index (κ3) is 58.8. The molecule has 0 saturated carbocycles. The topological polar surface area (TPSA) is 78.9 Å². The van der Waals surface area contributed by atoms with E-state index in [1.54, 1.807) is 0 Å². The van der Waals surface area contributed by atoms with Crippen molar-refractivity contribution >= 4 is 17.9 Å². The Hall–Kier alpha value is -2.11. The van der Waals surface area contributed by atoms with E-state index in [-0.39, 0.29) is 31.1 Å². The number of esters is 3. The molecule has 0 heterocycles. The molecule has 0 aliphatic carbocycles. The molecule has 0 aromatic heterocycles. The van der Waals surface area contributed by atoms with Gasteiger partial charge in [-0.2, -0.15) is 0 Å². The van der Waals surface area contributed by atoms with Crippen LogP contribution in [0, 0.1) is 0 Å². The highest BCUT2D eigenvalue weighted by Gasteiger charge is 2.19. The van der Waals surface area contributed by atoms with Gasteiger partial charge in [-0.25, -0.2) is 0 Å². The van der Waals surface area contributed by atoms with Crippen molar-refractivity contribution in [3.63, 3.8) is 0 Å². The minimum Gasteiger partial charge on any atom is -0.462 e. The second-order valence-corrected chi connectivity index (χ2v) is 22.0. The minimum atomic E-state index is -0.767. The van der Waals surface area contributed by atoms with Gasteiger partial charge in [-0.15, -0.1) is 0 Å². The van der Waals surface area contributed by atoms with Gasteiger partial charge in [0.25, 0.3) is 0 Å². The van der Waals surface area contributed by atoms with Crippen LogP contribution in [0.15, 0.2) is 24.3 Å². The molecule has 0 fully saturated rings. The fraction of sp³-hybridized carbons (Fsp3) is 0.894. The molecule has 0 rings (SSSR count). The second kappa shape index (κ2) is 61.4. The van der Waals surface area contributed by atoms with E-state index in [2.05, 4.69) is 45.1 Å². The lowest BCUT2D eigenvalue weighted by atomic mass is 10.0. The summed E-state index contributed by atoms with van der Waals surface area (Å²) in [6.07, 6.45) is 73.8. The molecule has 1 unspecified atom stereocenters. The van der Waals surface area contributed by atoms with Crippen LogP contribution in [0.25, 0.3) is 0 Å². The summed E-state index contributed by atoms with van der Waals surface area (Å²) in [7, 11) is 0. The van der Waals surface area contributed by atoms with Gasteiger partial charge in [-0.05, 0) is 70.6 Å². The average molecular weight is 1010 g/mol. The van der Waals surface area contributed by atoms with E-state index >= 15 is 0 Å². The van der Waals surface area contributed by atoms with Crippen LogP contribution in [0.2, 0.25) is 0 Å². The maximum absolute atomic E-state index is 12.8. The highest BCUT2D eigenvalue weighted by molar-refractivity contribution is 5.71. The summed E-state index contributed by atoms with van der Waals surface area (Å²) in [5, 5.41) is 0. The van der Waals surface area contributed by atoms with Gasteiger partial charge in [0.1, 0.15) is 13.2 Å². The maximum atomic E-state index is 12.8. The Morgan fingerprint density at radius 3 is 0.694 bits per heavy atom. The van der Waals surface area contributed by atoms with Crippen LogP contribution in [0.3, 0.4) is 0 Å². The first-order valence-electron chi connectivity index (χ1n) is 32.3. The smallest absolute Gasteiger partial charge is 0.306 e. The van der Waals surface area contributed by atoms with Crippen LogP contribution < -0.4 is 0 Å². The zero-order valence-corrected chi connectivity index (χ0v) is 48.7. The average Bonchev–Trinajstić information content (AvgIpc) is 3.38. The normalized spacial score (nSPS) is 12.1. The molecular formula is C66H124O6. The first-order valence-corrected chi connectivity index (χ1v) is 32.3. The van der Waals surface area contributed by atoms with Crippen molar-refractivity contribution in [3.05, 3.63) is 24.3 Å². The lowest BCUT2D eigenvalue weighted by Crippen LogP contribution is -2.30. The summed E-state index contributed by atoms with van der Waals surface area (Å²) in [4.78, 5) is 37.9. The van der Waals surface area contributed by atoms with Gasteiger partial charge in [0.2, 0.25) is 0 Å². The molecule has 0 amide bonds. The van der Waals surface area contributed by atoms with Crippen LogP contribution in [0.1, 0.15) is 361 Å². The van der Waals surface area contributed by atoms with Gasteiger partial charge >= 0.3 is 17.9 Å². The molecule has 6 nitrogen and oxygen atoms in total. The van der Waals surface area contributed by atoms with E-state index in [9.17, 15) is 14.4 Å². The van der Waals surface area contributed by atoms with Gasteiger partial charge in [0.05, 0.1) is 0 Å². The number of unbranched alkanes of at least 4 members (excludes halogenated alkanes) is 45. The Balaban J connectivity index is 3.95. The Bertz CT molecular complexity index is 1160. The lowest BCUT2D eigenvalue weighted by Gasteiger charge is -2.18. The SMILES string of the molecule is CCCCCCCC/C=C\CCCCCCCCCC(=O)OC(COC(=O)CCCCCCCC)COC(=O)CCCCCCCCCCCCCCCCCCCCC/C=C\CCCCCCCCCC. The molecule has 1 atom stereocenters. The van der Waals surface area contributed by atoms with E-state index < -0.39 is 6.10 Å². The number of hydrogen-bond acceptors (Lipinski definition) is 6. The van der Waals surface area contributed by atoms with E-state index in [1.807, 2.05) is 0 Å². The van der Waals surface area contributed by atoms with Crippen molar-refractivity contribution in [2.45, 2.75) is 367 Å². The quantitative estimate of drug-likeness (QED) is 0.0261. The Morgan fingerprint density at radius 1 is 0.264 bits per heavy atom. The maximum Gasteiger partial charge on any atom is 0.306 e. The van der Waals surface area contributed by atoms with Crippen LogP contribution >= 0.6 is 0 Å². The van der Waals surface area contributed by atoms with E-state index in [0.717, 1.165) is 57.8 Å². The van der Waals surface area contributed by atoms with Crippen LogP contribution in [0.4, 0.5) is 0 Å². The molecule has 0 aliphatic heterocycles. The number of hydrogen-bond donors (Lipinski definition) is 0. The van der Waals surface area contributed by atoms with Gasteiger partial charge in [-0.3, -0.25) is 14.4 Å². The standard InChI is InChI=1S/C66H124O6/c1-4-7-10-13-16-18-20-22-24-26-27-28-29-30-31-32-33-34-35-36-37-38-39-41-42-44-46-48-50-53-56-59-65(68)71-62-63(61-70-64(67)58-55-52-15-12-9-6-3)72-66(69)60-57-54-51-49-47-45-43-40-25-23-21-19-17-14-11-8-5-2/h23,25-27,63H,4-22,24,28-62H2,1-3H3/b25-23-,27-26-. The third-order valence-corrected chi connectivity index (χ3v) is 14.7. The summed E-state index contributed by atoms with van der Waals surface area (Å²) < 4.78 is 16.8. The predicted molar refractivity (Wildman–Crippen MR) is 312 cm³/mol. The molecule has 0 bridgehead atoms. The molecule has 0 aromatic rings. The molecule has 6 heteroatoms. The number of ether oxygens (including phenoxy) is 3. The highest BCUT2D eigenvalue weighted by atomic mass is 16.6. The molecule has 0 N–H and O–H groups in total. The van der Waals surface area contributed by atoms with Gasteiger partial charge < -0.3 is 14.2 Å². The van der Waals surface area contributed by atoms with Crippen molar-refractivity contribution in [3.8, 4) is 0 Å². The van der Waals surface area contributed by atoms with E-state index in [4.69, 9.17) is 14.2 Å². The molecule has 424 valence electrons. The molecule has 0 aromatic carbocycles. The molecular weight excluding hydrogens is 889 g/mol. The van der Waals surface area contributed by atoms with E-state index in [0.29, 0.717) is 19.3 Å². The predicted octanol–water partition coefficient (Wildman–Crippen LogP) is 21.8. The highest BCUT2D eigenvalue weighted by Crippen LogP contribution is 2.18. The zero-order chi connectivity index (χ0) is 52.2. The number of allylic oxidation sites excluding steroid dienone is 4. The second-order valence-electron chi connectivity index (χ2n) is 22.0. The van der Waals surface area contributed by atoms with Crippen molar-refractivity contribution in [1.82, 2.24) is 0 Å². The fourth-order valence-electron chi connectivity index (χ4n) is 9.79. The Labute approximate surface area is 449 Å². The first-order chi connectivity index (χ1) is 35.5. The van der Waals surface area contributed by atoms with Gasteiger partial charge in [0.15, 0.2) is 6.10 Å². The molecule has 0 aliphatic rings. The van der Waals surface area contributed by atoms with Gasteiger partial charge in [0, 0.05) is 19.3 Å². The van der Waals surface area contributed by atoms with Crippen molar-refractivity contribution < 1.29 is 28.6 Å². The number of rotatable bonds is 60. The van der Waals surface area contributed by atoms with Crippen LogP contribution in [0.5, 0.6) is 0 Å². The molecule has 0 saturated heterocycles. The molecule has 0 radical (unpaired) electrons. The summed E-state index contributed by atoms with van der Waals surface area (Å²) >= 11 is 0. The van der Waals surface area contributed by atoms with E-state index in [1.165, 1.54) is 263 Å². The van der Waals surface area contributed by atoms with Gasteiger partial charge in [-0.1, -0.05) is 295 Å². The Kier molecular flexibility index (Phi) is 59.6. The van der Waals surface area contributed by atoms with Crippen LogP contribution in [-0.2, 0) is 28.6 Å². The largest absolute Gasteiger partial charge is 0.462 e. The summed E-state index contributed by atoms with van der Waals surface area (Å²) in [6, 6.07) is 0. The fourth-order valence-corrected chi connectivity index (χ4v) is 9.79.